The maximum atomic E-state index is 14.7. The fourth-order valence-electron chi connectivity index (χ4n) is 3.59. The molecule has 0 bridgehead atoms. The molecule has 162 valence electrons. The first-order chi connectivity index (χ1) is 14.7. The molecule has 0 spiro atoms. The molecule has 3 N–H and O–H groups in total. The zero-order valence-corrected chi connectivity index (χ0v) is 17.7. The van der Waals surface area contributed by atoms with Crippen molar-refractivity contribution in [1.29, 1.82) is 0 Å². The van der Waals surface area contributed by atoms with Gasteiger partial charge in [0.15, 0.2) is 0 Å². The number of benzene rings is 2. The van der Waals surface area contributed by atoms with Crippen molar-refractivity contribution in [1.82, 2.24) is 25.1 Å². The van der Waals surface area contributed by atoms with E-state index in [0.29, 0.717) is 22.0 Å². The monoisotopic (exact) mass is 445 g/mol. The first kappa shape index (κ1) is 20.9. The summed E-state index contributed by atoms with van der Waals surface area (Å²) < 4.78 is 48.7. The van der Waals surface area contributed by atoms with E-state index >= 15 is 0 Å². The van der Waals surface area contributed by atoms with Crippen LogP contribution in [0.3, 0.4) is 0 Å². The molecule has 2 aromatic carbocycles. The Morgan fingerprint density at radius 2 is 1.94 bits per heavy atom. The molecule has 4 rings (SSSR count). The second-order valence-electron chi connectivity index (χ2n) is 7.36. The van der Waals surface area contributed by atoms with Crippen molar-refractivity contribution in [2.45, 2.75) is 37.6 Å². The summed E-state index contributed by atoms with van der Waals surface area (Å²) in [6.07, 6.45) is 1.51. The molecule has 11 heteroatoms. The van der Waals surface area contributed by atoms with E-state index in [2.05, 4.69) is 25.1 Å². The number of halogens is 1. The molecule has 9 nitrogen and oxygen atoms in total. The van der Waals surface area contributed by atoms with Gasteiger partial charge in [-0.2, -0.15) is 9.82 Å². The third kappa shape index (κ3) is 3.89. The Morgan fingerprint density at radius 3 is 2.65 bits per heavy atom. The molecule has 31 heavy (non-hydrogen) atoms. The van der Waals surface area contributed by atoms with Gasteiger partial charge in [0.25, 0.3) is 0 Å². The summed E-state index contributed by atoms with van der Waals surface area (Å²) in [6, 6.07) is 6.31. The van der Waals surface area contributed by atoms with Gasteiger partial charge >= 0.3 is 5.76 Å². The fraction of sp³-hybridized carbons (Fsp3) is 0.250. The molecule has 0 unspecified atom stereocenters. The molecular weight excluding hydrogens is 425 g/mol. The summed E-state index contributed by atoms with van der Waals surface area (Å²) in [4.78, 5) is 11.5. The van der Waals surface area contributed by atoms with E-state index in [0.717, 1.165) is 5.56 Å². The smallest absolute Gasteiger partial charge is 0.391 e. The molecule has 0 aliphatic rings. The lowest BCUT2D eigenvalue weighted by Gasteiger charge is -2.25. The third-order valence-electron chi connectivity index (χ3n) is 5.41. The van der Waals surface area contributed by atoms with Crippen LogP contribution in [0.25, 0.3) is 10.9 Å². The molecule has 0 fully saturated rings. The molecule has 0 saturated carbocycles. The van der Waals surface area contributed by atoms with Crippen LogP contribution in [-0.4, -0.2) is 28.8 Å². The van der Waals surface area contributed by atoms with Crippen LogP contribution in [0.15, 0.2) is 50.6 Å². The number of aromatic amines is 2. The van der Waals surface area contributed by atoms with Gasteiger partial charge < -0.3 is 4.42 Å². The summed E-state index contributed by atoms with van der Waals surface area (Å²) in [5.74, 6) is -2.25. The zero-order chi connectivity index (χ0) is 22.3. The standard InChI is InChI=1S/C20H20FN5O4S/c1-10-4-6-15(21)17(11(10)2)12(3)18(19-24-25-20(27)30-19)26-31(28,29)14-5-7-16-13(8-14)9-22-23-16/h4-9,12,18,26H,1-3H3,(H,22,23)(H,25,27)/t12-,18+/m1/s1. The van der Waals surface area contributed by atoms with Crippen LogP contribution in [0, 0.1) is 19.7 Å². The highest BCUT2D eigenvalue weighted by atomic mass is 32.2. The minimum absolute atomic E-state index is 0.0158. The summed E-state index contributed by atoms with van der Waals surface area (Å²) in [7, 11) is -4.09. The van der Waals surface area contributed by atoms with E-state index in [-0.39, 0.29) is 10.8 Å². The molecule has 0 aliphatic carbocycles. The predicted octanol–water partition coefficient (Wildman–Crippen LogP) is 2.82. The number of hydrogen-bond donors (Lipinski definition) is 3. The van der Waals surface area contributed by atoms with Crippen molar-refractivity contribution < 1.29 is 17.2 Å². The van der Waals surface area contributed by atoms with Gasteiger partial charge in [-0.25, -0.2) is 22.7 Å². The van der Waals surface area contributed by atoms with E-state index in [1.54, 1.807) is 26.0 Å². The lowest BCUT2D eigenvalue weighted by molar-refractivity contribution is 0.377. The maximum Gasteiger partial charge on any atom is 0.434 e. The molecule has 0 saturated heterocycles. The van der Waals surface area contributed by atoms with Crippen molar-refractivity contribution in [3.8, 4) is 0 Å². The van der Waals surface area contributed by atoms with Crippen LogP contribution in [0.2, 0.25) is 0 Å². The van der Waals surface area contributed by atoms with Gasteiger partial charge in [0.2, 0.25) is 15.9 Å². The van der Waals surface area contributed by atoms with Gasteiger partial charge in [0.05, 0.1) is 16.6 Å². The van der Waals surface area contributed by atoms with E-state index in [4.69, 9.17) is 4.42 Å². The van der Waals surface area contributed by atoms with Crippen LogP contribution in [0.4, 0.5) is 4.39 Å². The van der Waals surface area contributed by atoms with Crippen LogP contribution < -0.4 is 10.5 Å². The summed E-state index contributed by atoms with van der Waals surface area (Å²) >= 11 is 0. The van der Waals surface area contributed by atoms with Crippen LogP contribution >= 0.6 is 0 Å². The van der Waals surface area contributed by atoms with Crippen molar-refractivity contribution in [2.75, 3.05) is 0 Å². The molecule has 0 radical (unpaired) electrons. The number of nitrogens with zero attached hydrogens (tertiary/aromatic N) is 2. The lowest BCUT2D eigenvalue weighted by atomic mass is 9.88. The first-order valence-electron chi connectivity index (χ1n) is 9.44. The molecule has 2 aromatic heterocycles. The van der Waals surface area contributed by atoms with Crippen molar-refractivity contribution in [3.05, 3.63) is 75.5 Å². The Morgan fingerprint density at radius 1 is 1.16 bits per heavy atom. The number of hydrogen-bond acceptors (Lipinski definition) is 6. The number of H-pyrrole nitrogens is 2. The number of fused-ring (bicyclic) bond motifs is 1. The molecule has 0 aliphatic heterocycles. The highest BCUT2D eigenvalue weighted by molar-refractivity contribution is 7.89. The van der Waals surface area contributed by atoms with E-state index in [9.17, 15) is 17.6 Å². The Kier molecular flexibility index (Phi) is 5.23. The molecular formula is C20H20FN5O4S. The Labute approximate surface area is 176 Å². The SMILES string of the molecule is Cc1ccc(F)c([C@@H](C)[C@H](NS(=O)(=O)c2ccc3[nH]ncc3c2)c2n[nH]c(=O)o2)c1C. The Balaban J connectivity index is 1.79. The second kappa shape index (κ2) is 7.75. The van der Waals surface area contributed by atoms with E-state index in [1.807, 2.05) is 6.92 Å². The average Bonchev–Trinajstić information content (AvgIpc) is 3.37. The van der Waals surface area contributed by atoms with Crippen molar-refractivity contribution in [2.24, 2.45) is 0 Å². The number of sulfonamides is 1. The number of nitrogens with one attached hydrogen (secondary N) is 3. The number of rotatable bonds is 6. The zero-order valence-electron chi connectivity index (χ0n) is 16.9. The molecule has 4 aromatic rings. The highest BCUT2D eigenvalue weighted by Gasteiger charge is 2.33. The average molecular weight is 445 g/mol. The van der Waals surface area contributed by atoms with Gasteiger partial charge in [0, 0.05) is 11.3 Å². The van der Waals surface area contributed by atoms with Gasteiger partial charge in [-0.3, -0.25) is 5.10 Å². The Bertz CT molecular complexity index is 1420. The maximum absolute atomic E-state index is 14.7. The van der Waals surface area contributed by atoms with E-state index < -0.39 is 33.6 Å². The summed E-state index contributed by atoms with van der Waals surface area (Å²) in [5.41, 5.74) is 2.51. The minimum Gasteiger partial charge on any atom is -0.391 e. The molecule has 2 heterocycles. The molecule has 2 atom stereocenters. The molecule has 0 amide bonds. The van der Waals surface area contributed by atoms with E-state index in [1.165, 1.54) is 24.4 Å². The quantitative estimate of drug-likeness (QED) is 0.418. The topological polar surface area (TPSA) is 134 Å². The van der Waals surface area contributed by atoms with Crippen LogP contribution in [-0.2, 0) is 10.0 Å². The van der Waals surface area contributed by atoms with Gasteiger partial charge in [-0.1, -0.05) is 13.0 Å². The number of aromatic nitrogens is 4. The fourth-order valence-corrected chi connectivity index (χ4v) is 4.90. The largest absolute Gasteiger partial charge is 0.434 e. The lowest BCUT2D eigenvalue weighted by Crippen LogP contribution is -2.33. The second-order valence-corrected chi connectivity index (χ2v) is 9.07. The Hall–Kier alpha value is -3.31. The van der Waals surface area contributed by atoms with Crippen molar-refractivity contribution in [3.63, 3.8) is 0 Å². The normalized spacial score (nSPS) is 14.1. The van der Waals surface area contributed by atoms with Gasteiger partial charge in [-0.05, 0) is 54.8 Å². The predicted molar refractivity (Wildman–Crippen MR) is 111 cm³/mol. The summed E-state index contributed by atoms with van der Waals surface area (Å²) in [5, 5.41) is 13.2. The van der Waals surface area contributed by atoms with Gasteiger partial charge in [-0.15, -0.1) is 5.10 Å². The first-order valence-corrected chi connectivity index (χ1v) is 10.9. The number of aryl methyl sites for hydroxylation is 1. The van der Waals surface area contributed by atoms with Crippen molar-refractivity contribution >= 4 is 20.9 Å². The van der Waals surface area contributed by atoms with Gasteiger partial charge in [0.1, 0.15) is 11.9 Å². The minimum atomic E-state index is -4.09. The third-order valence-corrected chi connectivity index (χ3v) is 6.85. The highest BCUT2D eigenvalue weighted by Crippen LogP contribution is 2.35. The van der Waals surface area contributed by atoms with Crippen LogP contribution in [0.5, 0.6) is 0 Å². The summed E-state index contributed by atoms with van der Waals surface area (Å²) in [6.45, 7) is 5.23. The van der Waals surface area contributed by atoms with Crippen LogP contribution in [0.1, 0.15) is 41.5 Å².